The van der Waals surface area contributed by atoms with Crippen molar-refractivity contribution in [2.75, 3.05) is 14.2 Å². The number of nitrogens with one attached hydrogen (secondary N) is 1. The highest BCUT2D eigenvalue weighted by molar-refractivity contribution is 7.80. The fourth-order valence-corrected chi connectivity index (χ4v) is 4.12. The summed E-state index contributed by atoms with van der Waals surface area (Å²) < 4.78 is 17.2. The molecule has 0 unspecified atom stereocenters. The molecule has 2 aromatic rings. The summed E-state index contributed by atoms with van der Waals surface area (Å²) in [5, 5.41) is 4.17. The molecule has 0 aliphatic carbocycles. The summed E-state index contributed by atoms with van der Waals surface area (Å²) in [5.41, 5.74) is 1.70. The molecule has 6 heteroatoms. The van der Waals surface area contributed by atoms with Gasteiger partial charge >= 0.3 is 0 Å². The molecular formula is C20H22N2O3S. The first kappa shape index (κ1) is 17.0. The molecule has 1 fully saturated rings. The Morgan fingerprint density at radius 3 is 2.65 bits per heavy atom. The molecule has 1 N–H and O–H groups in total. The molecule has 2 atom stereocenters. The summed E-state index contributed by atoms with van der Waals surface area (Å²) in [6.45, 7) is 2.75. The molecule has 0 saturated carbocycles. The molecule has 2 aromatic carbocycles. The monoisotopic (exact) mass is 370 g/mol. The maximum absolute atomic E-state index is 6.46. The topological polar surface area (TPSA) is 43.0 Å². The van der Waals surface area contributed by atoms with E-state index in [-0.39, 0.29) is 6.04 Å². The minimum Gasteiger partial charge on any atom is -0.497 e. The first-order chi connectivity index (χ1) is 12.5. The zero-order valence-corrected chi connectivity index (χ0v) is 15.9. The van der Waals surface area contributed by atoms with Gasteiger partial charge in [-0.15, -0.1) is 0 Å². The summed E-state index contributed by atoms with van der Waals surface area (Å²) >= 11 is 5.67. The minimum absolute atomic E-state index is 0.124. The predicted octanol–water partition coefficient (Wildman–Crippen LogP) is 3.63. The fraction of sp³-hybridized carbons (Fsp3) is 0.350. The molecular weight excluding hydrogens is 348 g/mol. The molecule has 2 aliphatic heterocycles. The van der Waals surface area contributed by atoms with Crippen LogP contribution >= 0.6 is 12.2 Å². The average molecular weight is 370 g/mol. The Labute approximate surface area is 158 Å². The Kier molecular flexibility index (Phi) is 4.15. The third-order valence-electron chi connectivity index (χ3n) is 5.12. The standard InChI is InChI=1S/C20H22N2O3S/c1-20-11-16(15-5-4-6-17(24-3)18(15)25-20)21-19(26)22(20)12-13-7-9-14(23-2)10-8-13/h4-10,16H,11-12H2,1-3H3,(H,21,26)/t16-,20-/m0/s1. The van der Waals surface area contributed by atoms with E-state index in [4.69, 9.17) is 26.4 Å². The second-order valence-corrected chi connectivity index (χ2v) is 7.18. The van der Waals surface area contributed by atoms with Crippen molar-refractivity contribution in [3.63, 3.8) is 0 Å². The molecule has 2 aliphatic rings. The lowest BCUT2D eigenvalue weighted by Gasteiger charge is -2.52. The van der Waals surface area contributed by atoms with Gasteiger partial charge in [0, 0.05) is 18.5 Å². The van der Waals surface area contributed by atoms with Crippen LogP contribution in [-0.4, -0.2) is 30.0 Å². The number of hydrogen-bond donors (Lipinski definition) is 1. The van der Waals surface area contributed by atoms with E-state index in [1.807, 2.05) is 36.4 Å². The Bertz CT molecular complexity index is 839. The normalized spacial score (nSPS) is 23.6. The van der Waals surface area contributed by atoms with E-state index in [0.29, 0.717) is 11.7 Å². The number of methoxy groups -OCH3 is 2. The third kappa shape index (κ3) is 2.74. The maximum atomic E-state index is 6.46. The van der Waals surface area contributed by atoms with Gasteiger partial charge in [0.25, 0.3) is 0 Å². The SMILES string of the molecule is COc1ccc(CN2C(=S)N[C@H]3C[C@]2(C)Oc2c(OC)cccc23)cc1. The molecule has 0 amide bonds. The van der Waals surface area contributed by atoms with Gasteiger partial charge in [-0.2, -0.15) is 0 Å². The first-order valence-corrected chi connectivity index (χ1v) is 9.02. The van der Waals surface area contributed by atoms with Crippen LogP contribution in [0.25, 0.3) is 0 Å². The van der Waals surface area contributed by atoms with Crippen molar-refractivity contribution in [2.24, 2.45) is 0 Å². The molecule has 2 heterocycles. The van der Waals surface area contributed by atoms with E-state index in [0.717, 1.165) is 34.8 Å². The number of fused-ring (bicyclic) bond motifs is 4. The van der Waals surface area contributed by atoms with E-state index in [2.05, 4.69) is 23.2 Å². The van der Waals surface area contributed by atoms with E-state index in [1.165, 1.54) is 0 Å². The van der Waals surface area contributed by atoms with Crippen molar-refractivity contribution in [3.05, 3.63) is 53.6 Å². The van der Waals surface area contributed by atoms with Crippen molar-refractivity contribution < 1.29 is 14.2 Å². The molecule has 1 saturated heterocycles. The van der Waals surface area contributed by atoms with Crippen LogP contribution in [0.15, 0.2) is 42.5 Å². The molecule has 0 aromatic heterocycles. The lowest BCUT2D eigenvalue weighted by molar-refractivity contribution is -0.0736. The maximum Gasteiger partial charge on any atom is 0.184 e. The highest BCUT2D eigenvalue weighted by Crippen LogP contribution is 2.48. The van der Waals surface area contributed by atoms with E-state index in [9.17, 15) is 0 Å². The van der Waals surface area contributed by atoms with Gasteiger partial charge in [0.15, 0.2) is 22.3 Å². The summed E-state index contributed by atoms with van der Waals surface area (Å²) in [6.07, 6.45) is 0.809. The largest absolute Gasteiger partial charge is 0.497 e. The molecule has 4 rings (SSSR count). The number of para-hydroxylation sites is 1. The van der Waals surface area contributed by atoms with Crippen LogP contribution in [0.4, 0.5) is 0 Å². The third-order valence-corrected chi connectivity index (χ3v) is 5.46. The van der Waals surface area contributed by atoms with Crippen LogP contribution in [0, 0.1) is 0 Å². The highest BCUT2D eigenvalue weighted by Gasteiger charge is 2.48. The van der Waals surface area contributed by atoms with Crippen molar-refractivity contribution in [3.8, 4) is 17.2 Å². The quantitative estimate of drug-likeness (QED) is 0.829. The van der Waals surface area contributed by atoms with Crippen molar-refractivity contribution in [1.82, 2.24) is 10.2 Å². The zero-order valence-electron chi connectivity index (χ0n) is 15.1. The fourth-order valence-electron chi connectivity index (χ4n) is 3.72. The number of rotatable bonds is 4. The number of thiocarbonyl (C=S) groups is 1. The second-order valence-electron chi connectivity index (χ2n) is 6.80. The summed E-state index contributed by atoms with van der Waals surface area (Å²) in [7, 11) is 3.33. The molecule has 26 heavy (non-hydrogen) atoms. The van der Waals surface area contributed by atoms with Crippen LogP contribution in [0.3, 0.4) is 0 Å². The summed E-state index contributed by atoms with van der Waals surface area (Å²) in [6, 6.07) is 14.1. The van der Waals surface area contributed by atoms with E-state index < -0.39 is 5.72 Å². The van der Waals surface area contributed by atoms with Crippen LogP contribution in [0.5, 0.6) is 17.2 Å². The van der Waals surface area contributed by atoms with Gasteiger partial charge < -0.3 is 24.4 Å². The second kappa shape index (κ2) is 6.36. The lowest BCUT2D eigenvalue weighted by atomic mass is 9.90. The van der Waals surface area contributed by atoms with Crippen molar-refractivity contribution in [1.29, 1.82) is 0 Å². The number of benzene rings is 2. The molecule has 136 valence electrons. The van der Waals surface area contributed by atoms with Gasteiger partial charge in [0.2, 0.25) is 0 Å². The highest BCUT2D eigenvalue weighted by atomic mass is 32.1. The number of ether oxygens (including phenoxy) is 3. The Morgan fingerprint density at radius 1 is 1.19 bits per heavy atom. The van der Waals surface area contributed by atoms with Gasteiger partial charge in [0.1, 0.15) is 5.75 Å². The van der Waals surface area contributed by atoms with Gasteiger partial charge in [-0.05, 0) is 42.9 Å². The van der Waals surface area contributed by atoms with Gasteiger partial charge in [0.05, 0.1) is 20.3 Å². The number of hydrogen-bond acceptors (Lipinski definition) is 4. The van der Waals surface area contributed by atoms with Gasteiger partial charge in [-0.25, -0.2) is 0 Å². The number of nitrogens with zero attached hydrogens (tertiary/aromatic N) is 1. The Hall–Kier alpha value is -2.47. The van der Waals surface area contributed by atoms with Crippen LogP contribution in [-0.2, 0) is 6.54 Å². The predicted molar refractivity (Wildman–Crippen MR) is 104 cm³/mol. The van der Waals surface area contributed by atoms with E-state index in [1.54, 1.807) is 14.2 Å². The van der Waals surface area contributed by atoms with Crippen molar-refractivity contribution in [2.45, 2.75) is 31.7 Å². The zero-order chi connectivity index (χ0) is 18.3. The Balaban J connectivity index is 1.66. The summed E-state index contributed by atoms with van der Waals surface area (Å²) in [4.78, 5) is 2.11. The molecule has 2 bridgehead atoms. The lowest BCUT2D eigenvalue weighted by Crippen LogP contribution is -2.64. The summed E-state index contributed by atoms with van der Waals surface area (Å²) in [5.74, 6) is 2.38. The van der Waals surface area contributed by atoms with Crippen LogP contribution in [0.1, 0.15) is 30.5 Å². The molecule has 0 spiro atoms. The Morgan fingerprint density at radius 2 is 1.96 bits per heavy atom. The molecule has 5 nitrogen and oxygen atoms in total. The van der Waals surface area contributed by atoms with Gasteiger partial charge in [-0.1, -0.05) is 24.3 Å². The average Bonchev–Trinajstić information content (AvgIpc) is 2.65. The minimum atomic E-state index is -0.533. The van der Waals surface area contributed by atoms with E-state index >= 15 is 0 Å². The first-order valence-electron chi connectivity index (χ1n) is 8.61. The van der Waals surface area contributed by atoms with Crippen molar-refractivity contribution >= 4 is 17.3 Å². The van der Waals surface area contributed by atoms with Crippen LogP contribution < -0.4 is 19.5 Å². The van der Waals surface area contributed by atoms with Gasteiger partial charge in [-0.3, -0.25) is 0 Å². The molecule has 0 radical (unpaired) electrons. The smallest absolute Gasteiger partial charge is 0.184 e. The van der Waals surface area contributed by atoms with Crippen LogP contribution in [0.2, 0.25) is 0 Å².